The third-order valence-corrected chi connectivity index (χ3v) is 7.12. The summed E-state index contributed by atoms with van der Waals surface area (Å²) in [6.45, 7) is 1.07. The Bertz CT molecular complexity index is 951. The Morgan fingerprint density at radius 1 is 1.25 bits per heavy atom. The molecule has 4 rings (SSSR count). The van der Waals surface area contributed by atoms with Crippen LogP contribution in [-0.2, 0) is 11.3 Å². The second-order valence-electron chi connectivity index (χ2n) is 8.63. The first-order valence-corrected chi connectivity index (χ1v) is 12.4. The van der Waals surface area contributed by atoms with E-state index in [4.69, 9.17) is 4.74 Å². The Labute approximate surface area is 193 Å². The standard InChI is InChI=1S/C24H29N5O2S/c1-32-23-27-14-20(12-25)22(29-23)26-13-17-10-18-8-5-9-19(11-17)21(18)28-24(30)31-15-16-6-3-2-4-7-16/h2-4,6-7,14,17-19,21H,5,8-11,13,15H2,1H3,(H,28,30)(H,26,27,29)/t17?,18-,19+,21?. The fourth-order valence-corrected chi connectivity index (χ4v) is 5.43. The Kier molecular flexibility index (Phi) is 7.48. The summed E-state index contributed by atoms with van der Waals surface area (Å²) in [4.78, 5) is 21.1. The predicted molar refractivity (Wildman–Crippen MR) is 124 cm³/mol. The molecular formula is C24H29N5O2S. The lowest BCUT2D eigenvalue weighted by Gasteiger charge is -2.46. The van der Waals surface area contributed by atoms with Gasteiger partial charge in [0, 0.05) is 12.6 Å². The molecule has 2 N–H and O–H groups in total. The number of hydrogen-bond acceptors (Lipinski definition) is 7. The number of aromatic nitrogens is 2. The molecule has 2 fully saturated rings. The average Bonchev–Trinajstić information content (AvgIpc) is 2.82. The maximum atomic E-state index is 12.4. The summed E-state index contributed by atoms with van der Waals surface area (Å²) in [6, 6.07) is 12.1. The van der Waals surface area contributed by atoms with Crippen molar-refractivity contribution in [2.75, 3.05) is 18.1 Å². The van der Waals surface area contributed by atoms with E-state index in [1.165, 1.54) is 18.2 Å². The molecule has 0 spiro atoms. The molecule has 2 aromatic rings. The van der Waals surface area contributed by atoms with Crippen LogP contribution in [0.4, 0.5) is 10.6 Å². The number of amides is 1. The molecule has 2 aliphatic carbocycles. The second kappa shape index (κ2) is 10.7. The minimum atomic E-state index is -0.323. The fourth-order valence-electron chi connectivity index (χ4n) is 5.09. The first-order chi connectivity index (χ1) is 15.7. The fraction of sp³-hybridized carbons (Fsp3) is 0.500. The van der Waals surface area contributed by atoms with Gasteiger partial charge in [-0.15, -0.1) is 0 Å². The van der Waals surface area contributed by atoms with Gasteiger partial charge in [-0.05, 0) is 55.3 Å². The molecule has 4 atom stereocenters. The van der Waals surface area contributed by atoms with Crippen LogP contribution < -0.4 is 10.6 Å². The molecule has 1 aromatic heterocycles. The summed E-state index contributed by atoms with van der Waals surface area (Å²) in [7, 11) is 0. The van der Waals surface area contributed by atoms with Crippen LogP contribution in [0, 0.1) is 29.1 Å². The topological polar surface area (TPSA) is 99.9 Å². The normalized spacial score (nSPS) is 24.2. The van der Waals surface area contributed by atoms with Crippen LogP contribution in [0.2, 0.25) is 0 Å². The van der Waals surface area contributed by atoms with Crippen molar-refractivity contribution >= 4 is 23.7 Å². The zero-order valence-electron chi connectivity index (χ0n) is 18.3. The highest BCUT2D eigenvalue weighted by Crippen LogP contribution is 2.43. The zero-order valence-corrected chi connectivity index (χ0v) is 19.1. The lowest BCUT2D eigenvalue weighted by atomic mass is 9.64. The smallest absolute Gasteiger partial charge is 0.407 e. The number of rotatable bonds is 7. The monoisotopic (exact) mass is 451 g/mol. The lowest BCUT2D eigenvalue weighted by molar-refractivity contribution is 0.0732. The highest BCUT2D eigenvalue weighted by molar-refractivity contribution is 7.98. The van der Waals surface area contributed by atoms with Gasteiger partial charge in [0.2, 0.25) is 0 Å². The molecular weight excluding hydrogens is 422 g/mol. The molecule has 8 heteroatoms. The number of anilines is 1. The van der Waals surface area contributed by atoms with Crippen molar-refractivity contribution in [3.05, 3.63) is 47.7 Å². The molecule has 1 amide bonds. The van der Waals surface area contributed by atoms with Gasteiger partial charge in [-0.25, -0.2) is 14.8 Å². The number of ether oxygens (including phenoxy) is 1. The maximum absolute atomic E-state index is 12.4. The Morgan fingerprint density at radius 3 is 2.69 bits per heavy atom. The molecule has 7 nitrogen and oxygen atoms in total. The summed E-state index contributed by atoms with van der Waals surface area (Å²) < 4.78 is 5.47. The van der Waals surface area contributed by atoms with Crippen LogP contribution >= 0.6 is 11.8 Å². The molecule has 0 radical (unpaired) electrons. The highest BCUT2D eigenvalue weighted by Gasteiger charge is 2.41. The molecule has 2 unspecified atom stereocenters. The van der Waals surface area contributed by atoms with Crippen LogP contribution in [0.15, 0.2) is 41.7 Å². The van der Waals surface area contributed by atoms with Gasteiger partial charge < -0.3 is 15.4 Å². The lowest BCUT2D eigenvalue weighted by Crippen LogP contribution is -2.52. The Morgan fingerprint density at radius 2 is 2.00 bits per heavy atom. The number of nitrogens with one attached hydrogen (secondary N) is 2. The van der Waals surface area contributed by atoms with Gasteiger partial charge in [-0.3, -0.25) is 0 Å². The van der Waals surface area contributed by atoms with Gasteiger partial charge in [0.05, 0.1) is 6.20 Å². The van der Waals surface area contributed by atoms with Crippen molar-refractivity contribution < 1.29 is 9.53 Å². The molecule has 1 heterocycles. The second-order valence-corrected chi connectivity index (χ2v) is 9.41. The van der Waals surface area contributed by atoms with Crippen molar-refractivity contribution in [2.45, 2.75) is 49.9 Å². The highest BCUT2D eigenvalue weighted by atomic mass is 32.2. The van der Waals surface area contributed by atoms with Gasteiger partial charge in [0.1, 0.15) is 24.1 Å². The van der Waals surface area contributed by atoms with Crippen LogP contribution in [-0.4, -0.2) is 34.9 Å². The summed E-state index contributed by atoms with van der Waals surface area (Å²) in [5.41, 5.74) is 1.46. The van der Waals surface area contributed by atoms with Crippen LogP contribution in [0.25, 0.3) is 0 Å². The molecule has 2 saturated carbocycles. The van der Waals surface area contributed by atoms with Crippen LogP contribution in [0.5, 0.6) is 0 Å². The molecule has 2 aliphatic rings. The molecule has 32 heavy (non-hydrogen) atoms. The molecule has 168 valence electrons. The van der Waals surface area contributed by atoms with Gasteiger partial charge in [0.25, 0.3) is 0 Å². The van der Waals surface area contributed by atoms with Crippen molar-refractivity contribution in [2.24, 2.45) is 17.8 Å². The van der Waals surface area contributed by atoms with Crippen molar-refractivity contribution in [1.82, 2.24) is 15.3 Å². The number of carbonyl (C=O) groups is 1. The van der Waals surface area contributed by atoms with Crippen molar-refractivity contribution in [3.8, 4) is 6.07 Å². The van der Waals surface area contributed by atoms with Gasteiger partial charge >= 0.3 is 6.09 Å². The molecule has 0 aliphatic heterocycles. The zero-order chi connectivity index (χ0) is 22.3. The van der Waals surface area contributed by atoms with Crippen molar-refractivity contribution in [3.63, 3.8) is 0 Å². The Hall–Kier alpha value is -2.79. The first-order valence-electron chi connectivity index (χ1n) is 11.2. The maximum Gasteiger partial charge on any atom is 0.407 e. The predicted octanol–water partition coefficient (Wildman–Crippen LogP) is 4.60. The number of hydrogen-bond donors (Lipinski definition) is 2. The van der Waals surface area contributed by atoms with Gasteiger partial charge in [0.15, 0.2) is 5.16 Å². The number of alkyl carbamates (subject to hydrolysis) is 1. The van der Waals surface area contributed by atoms with Crippen LogP contribution in [0.3, 0.4) is 0 Å². The van der Waals surface area contributed by atoms with Gasteiger partial charge in [-0.2, -0.15) is 5.26 Å². The summed E-state index contributed by atoms with van der Waals surface area (Å²) in [5.74, 6) is 2.02. The molecule has 0 saturated heterocycles. The van der Waals surface area contributed by atoms with E-state index in [0.29, 0.717) is 40.9 Å². The largest absolute Gasteiger partial charge is 0.445 e. The summed E-state index contributed by atoms with van der Waals surface area (Å²) in [5, 5.41) is 16.6. The first kappa shape index (κ1) is 22.4. The van der Waals surface area contributed by atoms with E-state index in [9.17, 15) is 10.1 Å². The third kappa shape index (κ3) is 5.52. The quantitative estimate of drug-likeness (QED) is 0.468. The number of nitrogens with zero attached hydrogens (tertiary/aromatic N) is 3. The average molecular weight is 452 g/mol. The van der Waals surface area contributed by atoms with E-state index in [-0.39, 0.29) is 12.1 Å². The van der Waals surface area contributed by atoms with Crippen molar-refractivity contribution in [1.29, 1.82) is 5.26 Å². The van der Waals surface area contributed by atoms with E-state index in [1.807, 2.05) is 36.6 Å². The van der Waals surface area contributed by atoms with E-state index in [1.54, 1.807) is 6.20 Å². The summed E-state index contributed by atoms with van der Waals surface area (Å²) >= 11 is 1.46. The van der Waals surface area contributed by atoms with E-state index < -0.39 is 0 Å². The summed E-state index contributed by atoms with van der Waals surface area (Å²) in [6.07, 6.45) is 8.76. The molecule has 2 bridgehead atoms. The minimum Gasteiger partial charge on any atom is -0.445 e. The van der Waals surface area contributed by atoms with Crippen LogP contribution in [0.1, 0.15) is 43.2 Å². The minimum absolute atomic E-state index is 0.181. The number of fused-ring (bicyclic) bond motifs is 2. The SMILES string of the molecule is CSc1ncc(C#N)c(NCC2C[C@H]3CCC[C@@H](C2)C3NC(=O)OCc2ccccc2)n1. The number of thioether (sulfide) groups is 1. The third-order valence-electron chi connectivity index (χ3n) is 6.56. The number of benzene rings is 1. The molecule has 1 aromatic carbocycles. The van der Waals surface area contributed by atoms with E-state index in [2.05, 4.69) is 26.7 Å². The van der Waals surface area contributed by atoms with Gasteiger partial charge in [-0.1, -0.05) is 48.5 Å². The Balaban J connectivity index is 1.31. The van der Waals surface area contributed by atoms with E-state index >= 15 is 0 Å². The number of nitriles is 1. The van der Waals surface area contributed by atoms with E-state index in [0.717, 1.165) is 37.8 Å². The number of carbonyl (C=O) groups excluding carboxylic acids is 1.